The largest absolute Gasteiger partial charge is 0.450 e. The zero-order valence-electron chi connectivity index (χ0n) is 24.0. The van der Waals surface area contributed by atoms with Crippen LogP contribution in [0, 0.1) is 5.92 Å². The molecule has 0 saturated carbocycles. The highest BCUT2D eigenvalue weighted by atomic mass is 16.6. The predicted octanol–water partition coefficient (Wildman–Crippen LogP) is 0.587. The Morgan fingerprint density at radius 3 is 1.98 bits per heavy atom. The summed E-state index contributed by atoms with van der Waals surface area (Å²) < 4.78 is 10.5. The summed E-state index contributed by atoms with van der Waals surface area (Å²) in [6.07, 6.45) is 0.0720. The number of carbonyl (C=O) groups excluding carboxylic acids is 5. The molecule has 0 radical (unpaired) electrons. The van der Waals surface area contributed by atoms with E-state index >= 15 is 0 Å². The van der Waals surface area contributed by atoms with Crippen molar-refractivity contribution in [1.82, 2.24) is 29.8 Å². The first-order valence-corrected chi connectivity index (χ1v) is 13.8. The Kier molecular flexibility index (Phi) is 10.1. The number of carbonyl (C=O) groups is 5. The SMILES string of the molecule is C=C(N)NCCCC1C(=O)N(C(=O)N2CCN(C(=O)OCC)CC2)C1C(=O)N1CCN(C(=O)OC(C)(C)C)CC1. The lowest BCUT2D eigenvalue weighted by atomic mass is 9.82. The van der Waals surface area contributed by atoms with Gasteiger partial charge in [0.05, 0.1) is 18.3 Å². The minimum absolute atomic E-state index is 0.226. The van der Waals surface area contributed by atoms with Gasteiger partial charge in [-0.3, -0.25) is 14.5 Å². The van der Waals surface area contributed by atoms with Gasteiger partial charge in [-0.15, -0.1) is 0 Å². The van der Waals surface area contributed by atoms with Crippen LogP contribution in [0.3, 0.4) is 0 Å². The first-order chi connectivity index (χ1) is 18.8. The molecule has 0 bridgehead atoms. The van der Waals surface area contributed by atoms with Gasteiger partial charge in [-0.05, 0) is 40.5 Å². The first-order valence-electron chi connectivity index (χ1n) is 13.8. The monoisotopic (exact) mass is 565 g/mol. The van der Waals surface area contributed by atoms with Crippen molar-refractivity contribution in [2.24, 2.45) is 11.7 Å². The molecule has 0 spiro atoms. The fourth-order valence-corrected chi connectivity index (χ4v) is 4.97. The van der Waals surface area contributed by atoms with Crippen LogP contribution < -0.4 is 11.1 Å². The van der Waals surface area contributed by atoms with E-state index < -0.39 is 41.7 Å². The van der Waals surface area contributed by atoms with Gasteiger partial charge in [-0.2, -0.15) is 0 Å². The summed E-state index contributed by atoms with van der Waals surface area (Å²) in [4.78, 5) is 72.0. The van der Waals surface area contributed by atoms with Crippen molar-refractivity contribution >= 4 is 30.0 Å². The number of hydrogen-bond acceptors (Lipinski definition) is 9. The highest BCUT2D eigenvalue weighted by Crippen LogP contribution is 2.34. The van der Waals surface area contributed by atoms with Crippen LogP contribution in [0.2, 0.25) is 0 Å². The van der Waals surface area contributed by atoms with Crippen molar-refractivity contribution in [2.75, 3.05) is 65.5 Å². The minimum Gasteiger partial charge on any atom is -0.450 e. The highest BCUT2D eigenvalue weighted by Gasteiger charge is 2.56. The molecule has 0 aromatic rings. The third-order valence-corrected chi connectivity index (χ3v) is 7.04. The lowest BCUT2D eigenvalue weighted by Gasteiger charge is -2.49. The lowest BCUT2D eigenvalue weighted by Crippen LogP contribution is -2.72. The van der Waals surface area contributed by atoms with Crippen molar-refractivity contribution in [3.63, 3.8) is 0 Å². The van der Waals surface area contributed by atoms with Crippen LogP contribution in [-0.4, -0.2) is 132 Å². The number of β-lactam (4-membered cyclic amide) rings is 1. The summed E-state index contributed by atoms with van der Waals surface area (Å²) in [5.41, 5.74) is 4.92. The van der Waals surface area contributed by atoms with Gasteiger partial charge < -0.3 is 40.1 Å². The van der Waals surface area contributed by atoms with E-state index in [1.165, 1.54) is 9.80 Å². The first kappa shape index (κ1) is 30.8. The Bertz CT molecular complexity index is 982. The molecule has 6 amide bonds. The number of urea groups is 1. The number of hydrogen-bond donors (Lipinski definition) is 2. The number of nitrogens with one attached hydrogen (secondary N) is 1. The molecule has 3 N–H and O–H groups in total. The quantitative estimate of drug-likeness (QED) is 0.333. The molecule has 2 unspecified atom stereocenters. The Morgan fingerprint density at radius 2 is 1.45 bits per heavy atom. The second kappa shape index (κ2) is 13.1. The summed E-state index contributed by atoms with van der Waals surface area (Å²) in [7, 11) is 0. The third kappa shape index (κ3) is 7.48. The zero-order chi connectivity index (χ0) is 29.6. The number of rotatable bonds is 7. The average molecular weight is 566 g/mol. The van der Waals surface area contributed by atoms with Crippen molar-refractivity contribution in [3.8, 4) is 0 Å². The van der Waals surface area contributed by atoms with E-state index in [4.69, 9.17) is 15.2 Å². The fraction of sp³-hybridized carbons (Fsp3) is 0.731. The topological polar surface area (TPSA) is 158 Å². The molecule has 0 aromatic heterocycles. The molecule has 3 saturated heterocycles. The van der Waals surface area contributed by atoms with Crippen LogP contribution in [-0.2, 0) is 19.1 Å². The van der Waals surface area contributed by atoms with Crippen molar-refractivity contribution in [1.29, 1.82) is 0 Å². The van der Waals surface area contributed by atoms with Gasteiger partial charge in [0, 0.05) is 58.9 Å². The normalized spacial score (nSPS) is 21.5. The summed E-state index contributed by atoms with van der Waals surface area (Å²) in [5, 5.41) is 2.91. The molecule has 224 valence electrons. The maximum Gasteiger partial charge on any atom is 0.410 e. The second-order valence-corrected chi connectivity index (χ2v) is 11.1. The van der Waals surface area contributed by atoms with Gasteiger partial charge in [0.15, 0.2) is 0 Å². The van der Waals surface area contributed by atoms with Gasteiger partial charge in [-0.25, -0.2) is 14.4 Å². The molecular weight excluding hydrogens is 522 g/mol. The van der Waals surface area contributed by atoms with Crippen molar-refractivity contribution in [2.45, 2.75) is 52.2 Å². The fourth-order valence-electron chi connectivity index (χ4n) is 4.97. The number of ether oxygens (including phenoxy) is 2. The van der Waals surface area contributed by atoms with Crippen LogP contribution in [0.1, 0.15) is 40.5 Å². The summed E-state index contributed by atoms with van der Waals surface area (Å²) >= 11 is 0. The number of nitrogens with two attached hydrogens (primary N) is 1. The van der Waals surface area contributed by atoms with Gasteiger partial charge in [0.1, 0.15) is 11.6 Å². The number of imide groups is 1. The van der Waals surface area contributed by atoms with Gasteiger partial charge >= 0.3 is 18.2 Å². The van der Waals surface area contributed by atoms with E-state index in [2.05, 4.69) is 11.9 Å². The summed E-state index contributed by atoms with van der Waals surface area (Å²) in [5.74, 6) is -1.04. The van der Waals surface area contributed by atoms with Gasteiger partial charge in [0.2, 0.25) is 11.8 Å². The molecule has 0 aromatic carbocycles. The van der Waals surface area contributed by atoms with Crippen LogP contribution in [0.15, 0.2) is 12.4 Å². The summed E-state index contributed by atoms with van der Waals surface area (Å²) in [6, 6.07) is -1.47. The molecule has 40 heavy (non-hydrogen) atoms. The number of amides is 6. The molecule has 3 rings (SSSR count). The Labute approximate surface area is 235 Å². The lowest BCUT2D eigenvalue weighted by molar-refractivity contribution is -0.164. The molecular formula is C26H43N7O7. The van der Waals surface area contributed by atoms with E-state index in [1.807, 2.05) is 0 Å². The second-order valence-electron chi connectivity index (χ2n) is 11.1. The van der Waals surface area contributed by atoms with E-state index in [0.29, 0.717) is 25.2 Å². The van der Waals surface area contributed by atoms with Gasteiger partial charge in [0.25, 0.3) is 0 Å². The van der Waals surface area contributed by atoms with Crippen molar-refractivity contribution < 1.29 is 33.4 Å². The van der Waals surface area contributed by atoms with E-state index in [1.54, 1.807) is 37.5 Å². The number of likely N-dealkylation sites (tertiary alicyclic amines) is 1. The van der Waals surface area contributed by atoms with Gasteiger partial charge in [-0.1, -0.05) is 6.58 Å². The van der Waals surface area contributed by atoms with E-state index in [9.17, 15) is 24.0 Å². The van der Waals surface area contributed by atoms with E-state index in [0.717, 1.165) is 4.90 Å². The molecule has 14 heteroatoms. The standard InChI is InChI=1S/C26H43N7O7/c1-6-39-24(37)31-16-12-30(13-17-31)23(36)33-20(19(21(33)34)8-7-9-28-18(2)27)22(35)29-10-14-32(15-11-29)25(38)40-26(3,4)5/h19-20,28H,2,6-17,27H2,1,3-5H3. The van der Waals surface area contributed by atoms with Crippen LogP contribution in [0.4, 0.5) is 14.4 Å². The molecule has 3 heterocycles. The Morgan fingerprint density at radius 1 is 0.925 bits per heavy atom. The number of nitrogens with zero attached hydrogens (tertiary/aromatic N) is 5. The van der Waals surface area contributed by atoms with Crippen LogP contribution >= 0.6 is 0 Å². The average Bonchev–Trinajstić information content (AvgIpc) is 2.90. The van der Waals surface area contributed by atoms with E-state index in [-0.39, 0.29) is 64.9 Å². The molecule has 0 aliphatic carbocycles. The Balaban J connectivity index is 1.66. The number of piperazine rings is 2. The van der Waals surface area contributed by atoms with Crippen LogP contribution in [0.25, 0.3) is 0 Å². The maximum absolute atomic E-state index is 13.7. The Hall–Kier alpha value is -3.71. The minimum atomic E-state index is -0.933. The third-order valence-electron chi connectivity index (χ3n) is 7.04. The summed E-state index contributed by atoms with van der Waals surface area (Å²) in [6.45, 7) is 13.5. The molecule has 3 aliphatic rings. The smallest absolute Gasteiger partial charge is 0.410 e. The van der Waals surface area contributed by atoms with Crippen molar-refractivity contribution in [3.05, 3.63) is 12.4 Å². The maximum atomic E-state index is 13.7. The molecule has 3 fully saturated rings. The molecule has 14 nitrogen and oxygen atoms in total. The van der Waals surface area contributed by atoms with Crippen LogP contribution in [0.5, 0.6) is 0 Å². The molecule has 3 aliphatic heterocycles. The molecule has 2 atom stereocenters. The highest BCUT2D eigenvalue weighted by molar-refractivity contribution is 6.09. The predicted molar refractivity (Wildman–Crippen MR) is 145 cm³/mol. The zero-order valence-corrected chi connectivity index (χ0v) is 24.0.